The molecule has 4 rings (SSSR count). The number of nitrogens with zero attached hydrogens (tertiary/aromatic N) is 6. The molecule has 4 aromatic rings. The first-order valence-corrected chi connectivity index (χ1v) is 13.8. The van der Waals surface area contributed by atoms with Crippen LogP contribution in [0.1, 0.15) is 53.1 Å². The zero-order valence-corrected chi connectivity index (χ0v) is 23.8. The molecule has 38 heavy (non-hydrogen) atoms. The summed E-state index contributed by atoms with van der Waals surface area (Å²) >= 11 is 0. The van der Waals surface area contributed by atoms with Gasteiger partial charge in [0.2, 0.25) is 16.0 Å². The largest absolute Gasteiger partial charge is 0.495 e. The molecule has 0 radical (unpaired) electrons. The van der Waals surface area contributed by atoms with Crippen LogP contribution in [-0.4, -0.2) is 55.7 Å². The van der Waals surface area contributed by atoms with E-state index in [1.54, 1.807) is 16.7 Å². The number of aryl methyl sites for hydroxylation is 2. The van der Waals surface area contributed by atoms with Gasteiger partial charge >= 0.3 is 0 Å². The van der Waals surface area contributed by atoms with E-state index in [0.29, 0.717) is 23.0 Å². The monoisotopic (exact) mass is 548 g/mol. The van der Waals surface area contributed by atoms with E-state index in [4.69, 9.17) is 4.74 Å². The normalized spacial score (nSPS) is 11.5. The molecule has 0 aliphatic heterocycles. The Kier molecular flexibility index (Phi) is 10.9. The number of para-hydroxylation sites is 1. The van der Waals surface area contributed by atoms with Crippen molar-refractivity contribution >= 4 is 16.0 Å². The summed E-state index contributed by atoms with van der Waals surface area (Å²) in [6.45, 7) is 13.2. The fourth-order valence-electron chi connectivity index (χ4n) is 3.38. The molecule has 0 saturated carbocycles. The Hall–Kier alpha value is -3.87. The van der Waals surface area contributed by atoms with Crippen LogP contribution in [0.4, 0.5) is 10.3 Å². The molecule has 1 aromatic carbocycles. The number of benzene rings is 1. The molecule has 2 N–H and O–H groups in total. The van der Waals surface area contributed by atoms with Crippen LogP contribution < -0.4 is 9.46 Å². The summed E-state index contributed by atoms with van der Waals surface area (Å²) < 4.78 is 49.1. The first kappa shape index (κ1) is 30.4. The van der Waals surface area contributed by atoms with E-state index in [0.717, 1.165) is 23.7 Å². The fraction of sp³-hybridized carbons (Fsp3) is 0.400. The van der Waals surface area contributed by atoms with E-state index < -0.39 is 21.1 Å². The molecule has 3 heterocycles. The molecular weight excluding hydrogens is 511 g/mol. The lowest BCUT2D eigenvalue weighted by atomic mass is 10.1. The highest BCUT2D eigenvalue weighted by Crippen LogP contribution is 2.33. The molecule has 1 atom stereocenters. The van der Waals surface area contributed by atoms with Crippen molar-refractivity contribution in [1.29, 1.82) is 0 Å². The Labute approximate surface area is 224 Å². The van der Waals surface area contributed by atoms with Gasteiger partial charge in [0, 0.05) is 13.5 Å². The number of sulfonamides is 1. The van der Waals surface area contributed by atoms with Crippen LogP contribution in [0.3, 0.4) is 0 Å². The maximum Gasteiger partial charge on any atom is 0.243 e. The third-order valence-electron chi connectivity index (χ3n) is 5.15. The first-order chi connectivity index (χ1) is 18.2. The molecule has 0 aliphatic carbocycles. The molecule has 3 aromatic heterocycles. The van der Waals surface area contributed by atoms with Crippen molar-refractivity contribution < 1.29 is 19.0 Å². The van der Waals surface area contributed by atoms with Crippen LogP contribution in [0.5, 0.6) is 5.75 Å². The highest BCUT2D eigenvalue weighted by atomic mass is 32.2. The van der Waals surface area contributed by atoms with Crippen molar-refractivity contribution in [3.05, 3.63) is 59.6 Å². The van der Waals surface area contributed by atoms with Crippen molar-refractivity contribution in [2.45, 2.75) is 60.1 Å². The summed E-state index contributed by atoms with van der Waals surface area (Å²) in [6, 6.07) is 7.23. The van der Waals surface area contributed by atoms with Gasteiger partial charge in [-0.15, -0.1) is 10.2 Å². The van der Waals surface area contributed by atoms with E-state index in [1.165, 1.54) is 14.0 Å². The molecule has 13 heteroatoms. The van der Waals surface area contributed by atoms with Crippen LogP contribution in [0, 0.1) is 19.7 Å². The topological polar surface area (TPSA) is 141 Å². The van der Waals surface area contributed by atoms with E-state index >= 15 is 0 Å². The number of halogens is 1. The van der Waals surface area contributed by atoms with Gasteiger partial charge in [-0.25, -0.2) is 22.8 Å². The average molecular weight is 549 g/mol. The molecule has 0 fully saturated rings. The molecule has 208 valence electrons. The maximum atomic E-state index is 13.2. The smallest absolute Gasteiger partial charge is 0.243 e. The number of hydrogen-bond acceptors (Lipinski definition) is 8. The third kappa shape index (κ3) is 6.91. The van der Waals surface area contributed by atoms with Crippen molar-refractivity contribution in [3.8, 4) is 23.0 Å². The van der Waals surface area contributed by atoms with Gasteiger partial charge in [0.05, 0.1) is 30.4 Å². The van der Waals surface area contributed by atoms with Gasteiger partial charge in [-0.2, -0.15) is 5.10 Å². The van der Waals surface area contributed by atoms with Crippen LogP contribution >= 0.6 is 0 Å². The van der Waals surface area contributed by atoms with Gasteiger partial charge in [-0.05, 0) is 38.5 Å². The molecule has 11 nitrogen and oxygen atoms in total. The van der Waals surface area contributed by atoms with E-state index in [-0.39, 0.29) is 19.6 Å². The summed E-state index contributed by atoms with van der Waals surface area (Å²) in [4.78, 5) is 7.69. The highest BCUT2D eigenvalue weighted by molar-refractivity contribution is 7.93. The summed E-state index contributed by atoms with van der Waals surface area (Å²) in [5.41, 5.74) is 2.66. The Balaban J connectivity index is 0.00000145. The Morgan fingerprint density at radius 3 is 2.37 bits per heavy atom. The number of anilines is 1. The summed E-state index contributed by atoms with van der Waals surface area (Å²) in [5, 5.41) is 14.5. The highest BCUT2D eigenvalue weighted by Gasteiger charge is 2.28. The molecule has 0 bridgehead atoms. The molecule has 0 aliphatic rings. The fourth-order valence-corrected chi connectivity index (χ4v) is 4.34. The van der Waals surface area contributed by atoms with Crippen LogP contribution in [-0.2, 0) is 16.4 Å². The second-order valence-electron chi connectivity index (χ2n) is 7.72. The van der Waals surface area contributed by atoms with Crippen LogP contribution in [0.25, 0.3) is 17.2 Å². The number of rotatable bonds is 8. The predicted octanol–water partition coefficient (Wildman–Crippen LogP) is 4.88. The summed E-state index contributed by atoms with van der Waals surface area (Å²) in [5.74, 6) is 0.397. The van der Waals surface area contributed by atoms with Gasteiger partial charge in [0.25, 0.3) is 0 Å². The molecule has 0 amide bonds. The first-order valence-electron chi connectivity index (χ1n) is 12.3. The van der Waals surface area contributed by atoms with Crippen molar-refractivity contribution in [2.75, 3.05) is 11.8 Å². The molecule has 0 saturated heterocycles. The Morgan fingerprint density at radius 1 is 1.13 bits per heavy atom. The quantitative estimate of drug-likeness (QED) is 0.317. The van der Waals surface area contributed by atoms with Gasteiger partial charge in [-0.3, -0.25) is 14.4 Å². The predicted molar refractivity (Wildman–Crippen MR) is 147 cm³/mol. The van der Waals surface area contributed by atoms with Crippen molar-refractivity contribution in [3.63, 3.8) is 0 Å². The standard InChI is InChI=1S/C21H23FN8O3S.2C2H6.H2/c1-12-6-5-7-17(33-4)19(12)30-20(16-8-13(2)25-26-16)27-28-21(30)29-34(31,32)14(3)9-18-23-10-15(22)11-24-18;2*1-2;/h5-8,10-11,14H,9H2,1-4H3,(H,25,26)(H,28,29);2*1-2H3;1H/t14-;;;/m0.../s1. The Bertz CT molecular complexity index is 1430. The van der Waals surface area contributed by atoms with Crippen molar-refractivity contribution in [1.82, 2.24) is 34.9 Å². The maximum absolute atomic E-state index is 13.2. The zero-order chi connectivity index (χ0) is 28.5. The van der Waals surface area contributed by atoms with E-state index in [1.807, 2.05) is 53.7 Å². The number of H-pyrrole nitrogens is 1. The Morgan fingerprint density at radius 2 is 1.79 bits per heavy atom. The molecular formula is C25H37FN8O3S. The zero-order valence-electron chi connectivity index (χ0n) is 22.9. The number of aromatic amines is 1. The second-order valence-corrected chi connectivity index (χ2v) is 9.82. The van der Waals surface area contributed by atoms with Gasteiger partial charge in [0.15, 0.2) is 11.6 Å². The number of aromatic nitrogens is 7. The third-order valence-corrected chi connectivity index (χ3v) is 6.84. The summed E-state index contributed by atoms with van der Waals surface area (Å²) in [6.07, 6.45) is 1.96. The minimum Gasteiger partial charge on any atom is -0.495 e. The van der Waals surface area contributed by atoms with Gasteiger partial charge in [0.1, 0.15) is 17.3 Å². The lowest BCUT2D eigenvalue weighted by Gasteiger charge is -2.18. The summed E-state index contributed by atoms with van der Waals surface area (Å²) in [7, 11) is -2.44. The van der Waals surface area contributed by atoms with Gasteiger partial charge < -0.3 is 4.74 Å². The molecule has 0 spiro atoms. The lowest BCUT2D eigenvalue weighted by molar-refractivity contribution is 0.412. The SMILES string of the molecule is CC.CC.COc1cccc(C)c1-n1c(NS(=O)(=O)[C@@H](C)Cc2ncc(F)cn2)nnc1-c1cc(C)[nH]n1.[HH]. The average Bonchev–Trinajstić information content (AvgIpc) is 3.53. The van der Waals surface area contributed by atoms with Crippen molar-refractivity contribution in [2.24, 2.45) is 0 Å². The van der Waals surface area contributed by atoms with E-state index in [9.17, 15) is 12.8 Å². The second kappa shape index (κ2) is 13.6. The van der Waals surface area contributed by atoms with E-state index in [2.05, 4.69) is 35.1 Å². The minimum atomic E-state index is -3.96. The number of methoxy groups -OCH3 is 1. The van der Waals surface area contributed by atoms with Gasteiger partial charge in [-0.1, -0.05) is 39.8 Å². The number of ether oxygens (including phenoxy) is 1. The molecule has 0 unspecified atom stereocenters. The van der Waals surface area contributed by atoms with Crippen LogP contribution in [0.15, 0.2) is 36.7 Å². The lowest BCUT2D eigenvalue weighted by Crippen LogP contribution is -2.29. The number of nitrogens with one attached hydrogen (secondary N) is 2. The van der Waals surface area contributed by atoms with Crippen LogP contribution in [0.2, 0.25) is 0 Å². The minimum absolute atomic E-state index is 0. The number of hydrogen-bond donors (Lipinski definition) is 2.